The van der Waals surface area contributed by atoms with Crippen LogP contribution in [0.3, 0.4) is 0 Å². The highest BCUT2D eigenvalue weighted by Crippen LogP contribution is 2.34. The molecule has 1 aliphatic carbocycles. The predicted molar refractivity (Wildman–Crippen MR) is 71.9 cm³/mol. The van der Waals surface area contributed by atoms with Crippen LogP contribution in [0, 0.1) is 0 Å². The SMILES string of the molecule is CC(NCC(=O)NC1CC1)c1cc(Cl)sc1Cl. The van der Waals surface area contributed by atoms with Crippen molar-refractivity contribution >= 4 is 40.4 Å². The van der Waals surface area contributed by atoms with Crippen LogP contribution in [0.1, 0.15) is 31.4 Å². The lowest BCUT2D eigenvalue weighted by atomic mass is 10.2. The van der Waals surface area contributed by atoms with E-state index in [2.05, 4.69) is 10.6 Å². The maximum atomic E-state index is 11.5. The van der Waals surface area contributed by atoms with Gasteiger partial charge in [0.1, 0.15) is 0 Å². The van der Waals surface area contributed by atoms with Crippen molar-refractivity contribution in [2.45, 2.75) is 31.8 Å². The van der Waals surface area contributed by atoms with E-state index in [1.165, 1.54) is 11.3 Å². The summed E-state index contributed by atoms with van der Waals surface area (Å²) in [5.74, 6) is 0.0387. The zero-order valence-corrected chi connectivity index (χ0v) is 11.8. The minimum absolute atomic E-state index is 0.0243. The second-order valence-electron chi connectivity index (χ2n) is 4.22. The van der Waals surface area contributed by atoms with Crippen molar-refractivity contribution in [2.24, 2.45) is 0 Å². The molecule has 1 atom stereocenters. The molecule has 0 bridgehead atoms. The largest absolute Gasteiger partial charge is 0.352 e. The minimum atomic E-state index is 0.0243. The van der Waals surface area contributed by atoms with Gasteiger partial charge in [0.05, 0.1) is 15.2 Å². The molecule has 1 aliphatic rings. The van der Waals surface area contributed by atoms with Crippen LogP contribution in [0.4, 0.5) is 0 Å². The Morgan fingerprint density at radius 2 is 2.29 bits per heavy atom. The number of carbonyl (C=O) groups excluding carboxylic acids is 1. The molecule has 0 aromatic carbocycles. The van der Waals surface area contributed by atoms with Crippen LogP contribution in [0.25, 0.3) is 0 Å². The molecule has 1 aromatic rings. The lowest BCUT2D eigenvalue weighted by Gasteiger charge is -2.12. The van der Waals surface area contributed by atoms with Crippen molar-refractivity contribution in [1.29, 1.82) is 0 Å². The van der Waals surface area contributed by atoms with Crippen molar-refractivity contribution in [1.82, 2.24) is 10.6 Å². The summed E-state index contributed by atoms with van der Waals surface area (Å²) in [6, 6.07) is 2.26. The van der Waals surface area contributed by atoms with Gasteiger partial charge >= 0.3 is 0 Å². The van der Waals surface area contributed by atoms with E-state index in [4.69, 9.17) is 23.2 Å². The topological polar surface area (TPSA) is 41.1 Å². The Morgan fingerprint density at radius 1 is 1.59 bits per heavy atom. The first kappa shape index (κ1) is 13.1. The van der Waals surface area contributed by atoms with E-state index in [1.54, 1.807) is 0 Å². The van der Waals surface area contributed by atoms with E-state index < -0.39 is 0 Å². The van der Waals surface area contributed by atoms with E-state index >= 15 is 0 Å². The Hall–Kier alpha value is -0.290. The molecule has 0 spiro atoms. The van der Waals surface area contributed by atoms with Gasteiger partial charge < -0.3 is 10.6 Å². The molecule has 1 unspecified atom stereocenters. The zero-order valence-electron chi connectivity index (χ0n) is 9.43. The molecular weight excluding hydrogens is 279 g/mol. The summed E-state index contributed by atoms with van der Waals surface area (Å²) in [7, 11) is 0. The first-order valence-corrected chi connectivity index (χ1v) is 7.11. The maximum absolute atomic E-state index is 11.5. The van der Waals surface area contributed by atoms with E-state index in [-0.39, 0.29) is 11.9 Å². The number of thiophene rings is 1. The normalized spacial score (nSPS) is 16.9. The molecule has 1 heterocycles. The van der Waals surface area contributed by atoms with Crippen LogP contribution in [0.5, 0.6) is 0 Å². The second kappa shape index (κ2) is 5.57. The standard InChI is InChI=1S/C11H14Cl2N2OS/c1-6(8-4-9(12)17-11(8)13)14-5-10(16)15-7-2-3-7/h4,6-7,14H,2-3,5H2,1H3,(H,15,16). The first-order chi connectivity index (χ1) is 8.06. The van der Waals surface area contributed by atoms with Crippen molar-refractivity contribution in [3.05, 3.63) is 20.3 Å². The number of hydrogen-bond acceptors (Lipinski definition) is 3. The molecule has 2 N–H and O–H groups in total. The van der Waals surface area contributed by atoms with Crippen LogP contribution in [-0.2, 0) is 4.79 Å². The zero-order chi connectivity index (χ0) is 12.4. The molecule has 2 rings (SSSR count). The fourth-order valence-corrected chi connectivity index (χ4v) is 3.16. The number of hydrogen-bond donors (Lipinski definition) is 2. The number of rotatable bonds is 5. The molecule has 1 aromatic heterocycles. The molecule has 1 fully saturated rings. The monoisotopic (exact) mass is 292 g/mol. The molecule has 1 saturated carbocycles. The van der Waals surface area contributed by atoms with Crippen molar-refractivity contribution in [2.75, 3.05) is 6.54 Å². The fourth-order valence-electron chi connectivity index (χ4n) is 1.51. The molecule has 17 heavy (non-hydrogen) atoms. The van der Waals surface area contributed by atoms with E-state index in [0.717, 1.165) is 18.4 Å². The first-order valence-electron chi connectivity index (χ1n) is 5.53. The molecule has 0 aliphatic heterocycles. The Balaban J connectivity index is 1.81. The van der Waals surface area contributed by atoms with Gasteiger partial charge in [-0.2, -0.15) is 0 Å². The third-order valence-electron chi connectivity index (χ3n) is 2.66. The summed E-state index contributed by atoms with van der Waals surface area (Å²) in [6.45, 7) is 2.27. The lowest BCUT2D eigenvalue weighted by molar-refractivity contribution is -0.120. The number of amides is 1. The van der Waals surface area contributed by atoms with Gasteiger partial charge in [-0.25, -0.2) is 0 Å². The summed E-state index contributed by atoms with van der Waals surface area (Å²) in [5.41, 5.74) is 0.945. The summed E-state index contributed by atoms with van der Waals surface area (Å²) >= 11 is 13.3. The van der Waals surface area contributed by atoms with E-state index in [9.17, 15) is 4.79 Å². The van der Waals surface area contributed by atoms with Gasteiger partial charge in [-0.15, -0.1) is 11.3 Å². The molecular formula is C11H14Cl2N2OS. The molecule has 94 valence electrons. The van der Waals surface area contributed by atoms with Gasteiger partial charge in [0.15, 0.2) is 0 Å². The number of carbonyl (C=O) groups is 1. The maximum Gasteiger partial charge on any atom is 0.234 e. The van der Waals surface area contributed by atoms with E-state index in [1.807, 2.05) is 13.0 Å². The predicted octanol–water partition coefficient (Wildman–Crippen LogP) is 2.98. The highest BCUT2D eigenvalue weighted by Gasteiger charge is 2.23. The average Bonchev–Trinajstić information content (AvgIpc) is 3.00. The Bertz CT molecular complexity index is 418. The van der Waals surface area contributed by atoms with Gasteiger partial charge in [0.25, 0.3) is 0 Å². The van der Waals surface area contributed by atoms with Crippen LogP contribution < -0.4 is 10.6 Å². The van der Waals surface area contributed by atoms with E-state index in [0.29, 0.717) is 21.3 Å². The van der Waals surface area contributed by atoms with Gasteiger partial charge in [-0.05, 0) is 31.4 Å². The molecule has 0 radical (unpaired) electrons. The summed E-state index contributed by atoms with van der Waals surface area (Å²) in [6.07, 6.45) is 2.21. The Labute approximate surface area is 114 Å². The van der Waals surface area contributed by atoms with Gasteiger partial charge in [0.2, 0.25) is 5.91 Å². The molecule has 6 heteroatoms. The highest BCUT2D eigenvalue weighted by molar-refractivity contribution is 7.20. The van der Waals surface area contributed by atoms with Crippen molar-refractivity contribution < 1.29 is 4.79 Å². The van der Waals surface area contributed by atoms with Crippen LogP contribution in [0.15, 0.2) is 6.07 Å². The number of nitrogens with one attached hydrogen (secondary N) is 2. The Morgan fingerprint density at radius 3 is 2.82 bits per heavy atom. The summed E-state index contributed by atoms with van der Waals surface area (Å²) < 4.78 is 1.35. The number of halogens is 2. The summed E-state index contributed by atoms with van der Waals surface area (Å²) in [5, 5.41) is 6.06. The average molecular weight is 293 g/mol. The van der Waals surface area contributed by atoms with Gasteiger partial charge in [0, 0.05) is 12.1 Å². The third-order valence-corrected chi connectivity index (χ3v) is 4.18. The Kier molecular flexibility index (Phi) is 4.31. The minimum Gasteiger partial charge on any atom is -0.352 e. The third kappa shape index (κ3) is 3.85. The highest BCUT2D eigenvalue weighted by atomic mass is 35.5. The molecule has 3 nitrogen and oxygen atoms in total. The molecule has 0 saturated heterocycles. The van der Waals surface area contributed by atoms with Crippen molar-refractivity contribution in [3.8, 4) is 0 Å². The van der Waals surface area contributed by atoms with Gasteiger partial charge in [-0.3, -0.25) is 4.79 Å². The van der Waals surface area contributed by atoms with Gasteiger partial charge in [-0.1, -0.05) is 23.2 Å². The lowest BCUT2D eigenvalue weighted by Crippen LogP contribution is -2.36. The smallest absolute Gasteiger partial charge is 0.234 e. The van der Waals surface area contributed by atoms with Crippen molar-refractivity contribution in [3.63, 3.8) is 0 Å². The van der Waals surface area contributed by atoms with Crippen LogP contribution in [0.2, 0.25) is 8.67 Å². The fraction of sp³-hybridized carbons (Fsp3) is 0.545. The van der Waals surface area contributed by atoms with Crippen LogP contribution >= 0.6 is 34.5 Å². The summed E-state index contributed by atoms with van der Waals surface area (Å²) in [4.78, 5) is 11.5. The second-order valence-corrected chi connectivity index (χ2v) is 6.51. The molecule has 1 amide bonds. The van der Waals surface area contributed by atoms with Crippen LogP contribution in [-0.4, -0.2) is 18.5 Å². The quantitative estimate of drug-likeness (QED) is 0.876.